The van der Waals surface area contributed by atoms with E-state index in [0.717, 1.165) is 6.42 Å². The predicted octanol–water partition coefficient (Wildman–Crippen LogP) is 3.35. The Morgan fingerprint density at radius 2 is 1.80 bits per heavy atom. The monoisotopic (exact) mass is 199 g/mol. The summed E-state index contributed by atoms with van der Waals surface area (Å²) >= 11 is 0. The smallest absolute Gasteiger partial charge is 0.0361 e. The summed E-state index contributed by atoms with van der Waals surface area (Å²) in [7, 11) is 4.14. The minimum Gasteiger partial charge on any atom is -0.378 e. The van der Waals surface area contributed by atoms with E-state index in [1.54, 1.807) is 0 Å². The van der Waals surface area contributed by atoms with Gasteiger partial charge in [-0.05, 0) is 24.1 Å². The molecule has 1 aliphatic carbocycles. The summed E-state index contributed by atoms with van der Waals surface area (Å²) in [5.74, 6) is 0.561. The van der Waals surface area contributed by atoms with Crippen molar-refractivity contribution in [3.05, 3.63) is 54.1 Å². The molecule has 15 heavy (non-hydrogen) atoms. The van der Waals surface area contributed by atoms with Crippen molar-refractivity contribution in [1.29, 1.82) is 0 Å². The normalized spacial score (nSPS) is 19.2. The number of hydrogen-bond donors (Lipinski definition) is 0. The lowest BCUT2D eigenvalue weighted by Crippen LogP contribution is -2.08. The van der Waals surface area contributed by atoms with Crippen molar-refractivity contribution in [2.75, 3.05) is 19.0 Å². The van der Waals surface area contributed by atoms with E-state index in [9.17, 15) is 0 Å². The van der Waals surface area contributed by atoms with Gasteiger partial charge in [-0.15, -0.1) is 0 Å². The lowest BCUT2D eigenvalue weighted by atomic mass is 9.92. The molecule has 78 valence electrons. The molecular weight excluding hydrogens is 182 g/mol. The molecule has 0 amide bonds. The molecule has 1 atom stereocenters. The average Bonchev–Trinajstić information content (AvgIpc) is 2.30. The summed E-state index contributed by atoms with van der Waals surface area (Å²) < 4.78 is 0. The Bertz CT molecular complexity index is 371. The highest BCUT2D eigenvalue weighted by Crippen LogP contribution is 2.25. The standard InChI is InChI=1S/C14H17N/c1-15(2)14-10-8-13(9-11-14)12-6-4-3-5-7-12/h3-6,8-12H,7H2,1-2H3. The van der Waals surface area contributed by atoms with Crippen LogP contribution in [0.4, 0.5) is 5.69 Å². The molecule has 0 fully saturated rings. The van der Waals surface area contributed by atoms with Crippen LogP contribution in [0.25, 0.3) is 0 Å². The summed E-state index contributed by atoms with van der Waals surface area (Å²) in [6, 6.07) is 8.82. The largest absolute Gasteiger partial charge is 0.378 e. The first-order chi connectivity index (χ1) is 7.27. The van der Waals surface area contributed by atoms with Gasteiger partial charge >= 0.3 is 0 Å². The Morgan fingerprint density at radius 3 is 2.33 bits per heavy atom. The predicted molar refractivity (Wildman–Crippen MR) is 66.4 cm³/mol. The molecule has 2 rings (SSSR count). The number of hydrogen-bond acceptors (Lipinski definition) is 1. The van der Waals surface area contributed by atoms with Crippen LogP contribution in [0.5, 0.6) is 0 Å². The quantitative estimate of drug-likeness (QED) is 0.706. The van der Waals surface area contributed by atoms with Gasteiger partial charge in [-0.1, -0.05) is 36.4 Å². The summed E-state index contributed by atoms with van der Waals surface area (Å²) in [6.07, 6.45) is 9.87. The molecule has 0 aliphatic heterocycles. The Kier molecular flexibility index (Phi) is 2.91. The SMILES string of the molecule is CN(C)c1ccc(C2C=CC=CC2)cc1. The van der Waals surface area contributed by atoms with Crippen LogP contribution < -0.4 is 4.90 Å². The average molecular weight is 199 g/mol. The molecular formula is C14H17N. The van der Waals surface area contributed by atoms with Crippen LogP contribution in [0.1, 0.15) is 17.9 Å². The molecule has 0 saturated carbocycles. The third-order valence-corrected chi connectivity index (χ3v) is 2.82. The molecule has 0 bridgehead atoms. The van der Waals surface area contributed by atoms with Gasteiger partial charge in [-0.3, -0.25) is 0 Å². The maximum absolute atomic E-state index is 2.27. The second kappa shape index (κ2) is 4.35. The highest BCUT2D eigenvalue weighted by atomic mass is 15.1. The molecule has 1 aromatic carbocycles. The molecule has 0 N–H and O–H groups in total. The van der Waals surface area contributed by atoms with Crippen LogP contribution in [0, 0.1) is 0 Å². The van der Waals surface area contributed by atoms with E-state index in [1.165, 1.54) is 11.3 Å². The van der Waals surface area contributed by atoms with Gasteiger partial charge in [0.05, 0.1) is 0 Å². The van der Waals surface area contributed by atoms with E-state index in [1.807, 2.05) is 0 Å². The molecule has 1 heteroatoms. The minimum atomic E-state index is 0.561. The summed E-state index contributed by atoms with van der Waals surface area (Å²) in [4.78, 5) is 2.13. The van der Waals surface area contributed by atoms with Crippen molar-refractivity contribution in [3.63, 3.8) is 0 Å². The number of rotatable bonds is 2. The van der Waals surface area contributed by atoms with E-state index in [4.69, 9.17) is 0 Å². The molecule has 0 saturated heterocycles. The third-order valence-electron chi connectivity index (χ3n) is 2.82. The van der Waals surface area contributed by atoms with Gasteiger partial charge in [-0.25, -0.2) is 0 Å². The Hall–Kier alpha value is -1.50. The van der Waals surface area contributed by atoms with Gasteiger partial charge in [0.1, 0.15) is 0 Å². The third kappa shape index (κ3) is 2.30. The molecule has 0 aromatic heterocycles. The first-order valence-corrected chi connectivity index (χ1v) is 5.38. The number of anilines is 1. The van der Waals surface area contributed by atoms with Crippen LogP contribution >= 0.6 is 0 Å². The Labute approximate surface area is 91.7 Å². The van der Waals surface area contributed by atoms with Crippen molar-refractivity contribution in [2.45, 2.75) is 12.3 Å². The van der Waals surface area contributed by atoms with Gasteiger partial charge in [0.2, 0.25) is 0 Å². The van der Waals surface area contributed by atoms with E-state index >= 15 is 0 Å². The van der Waals surface area contributed by atoms with Crippen LogP contribution in [-0.2, 0) is 0 Å². The van der Waals surface area contributed by atoms with Crippen molar-refractivity contribution in [3.8, 4) is 0 Å². The second-order valence-electron chi connectivity index (χ2n) is 4.14. The van der Waals surface area contributed by atoms with Crippen LogP contribution in [-0.4, -0.2) is 14.1 Å². The van der Waals surface area contributed by atoms with Gasteiger partial charge in [0, 0.05) is 25.7 Å². The van der Waals surface area contributed by atoms with Crippen molar-refractivity contribution in [2.24, 2.45) is 0 Å². The van der Waals surface area contributed by atoms with E-state index in [2.05, 4.69) is 67.6 Å². The molecule has 1 nitrogen and oxygen atoms in total. The number of allylic oxidation sites excluding steroid dienone is 4. The molecule has 1 aliphatic rings. The van der Waals surface area contributed by atoms with E-state index < -0.39 is 0 Å². The zero-order valence-corrected chi connectivity index (χ0v) is 9.35. The number of benzene rings is 1. The lowest BCUT2D eigenvalue weighted by molar-refractivity contribution is 0.853. The Balaban J connectivity index is 2.16. The highest BCUT2D eigenvalue weighted by Gasteiger charge is 2.07. The zero-order chi connectivity index (χ0) is 10.7. The van der Waals surface area contributed by atoms with Crippen LogP contribution in [0.15, 0.2) is 48.6 Å². The van der Waals surface area contributed by atoms with Crippen molar-refractivity contribution in [1.82, 2.24) is 0 Å². The number of nitrogens with zero attached hydrogens (tertiary/aromatic N) is 1. The van der Waals surface area contributed by atoms with Crippen molar-refractivity contribution < 1.29 is 0 Å². The highest BCUT2D eigenvalue weighted by molar-refractivity contribution is 5.47. The molecule has 1 unspecified atom stereocenters. The maximum Gasteiger partial charge on any atom is 0.0361 e. The van der Waals surface area contributed by atoms with E-state index in [0.29, 0.717) is 5.92 Å². The first-order valence-electron chi connectivity index (χ1n) is 5.38. The van der Waals surface area contributed by atoms with Gasteiger partial charge in [0.25, 0.3) is 0 Å². The summed E-state index contributed by atoms with van der Waals surface area (Å²) in [6.45, 7) is 0. The lowest BCUT2D eigenvalue weighted by Gasteiger charge is -2.16. The molecule has 0 heterocycles. The first kappa shape index (κ1) is 10.0. The summed E-state index contributed by atoms with van der Waals surface area (Å²) in [5.41, 5.74) is 2.66. The Morgan fingerprint density at radius 1 is 1.07 bits per heavy atom. The maximum atomic E-state index is 2.27. The van der Waals surface area contributed by atoms with Crippen LogP contribution in [0.3, 0.4) is 0 Å². The van der Waals surface area contributed by atoms with Gasteiger partial charge < -0.3 is 4.90 Å². The van der Waals surface area contributed by atoms with E-state index in [-0.39, 0.29) is 0 Å². The topological polar surface area (TPSA) is 3.24 Å². The van der Waals surface area contributed by atoms with Gasteiger partial charge in [-0.2, -0.15) is 0 Å². The molecule has 0 radical (unpaired) electrons. The minimum absolute atomic E-state index is 0.561. The second-order valence-corrected chi connectivity index (χ2v) is 4.14. The summed E-state index contributed by atoms with van der Waals surface area (Å²) in [5, 5.41) is 0. The van der Waals surface area contributed by atoms with Crippen LogP contribution in [0.2, 0.25) is 0 Å². The van der Waals surface area contributed by atoms with Crippen molar-refractivity contribution >= 4 is 5.69 Å². The molecule has 1 aromatic rings. The fourth-order valence-corrected chi connectivity index (χ4v) is 1.85. The zero-order valence-electron chi connectivity index (χ0n) is 9.35. The molecule has 0 spiro atoms. The fourth-order valence-electron chi connectivity index (χ4n) is 1.85. The fraction of sp³-hybridized carbons (Fsp3) is 0.286. The van der Waals surface area contributed by atoms with Gasteiger partial charge in [0.15, 0.2) is 0 Å².